The fraction of sp³-hybridized carbons (Fsp3) is 0.556. The molecule has 1 saturated heterocycles. The first-order valence-electron chi connectivity index (χ1n) is 7.81. The van der Waals surface area contributed by atoms with E-state index in [4.69, 9.17) is 10.00 Å². The molecule has 1 aliphatic heterocycles. The number of hydrogen-bond acceptors (Lipinski definition) is 3. The number of piperidine rings is 1. The number of carbonyl (C=O) groups excluding carboxylic acids is 1. The lowest BCUT2D eigenvalue weighted by Gasteiger charge is -2.29. The van der Waals surface area contributed by atoms with Crippen LogP contribution in [0.15, 0.2) is 24.3 Å². The molecule has 1 aliphatic rings. The first kappa shape index (κ1) is 16.4. The van der Waals surface area contributed by atoms with Crippen molar-refractivity contribution in [2.45, 2.75) is 39.0 Å². The monoisotopic (exact) mass is 300 g/mol. The fourth-order valence-corrected chi connectivity index (χ4v) is 2.55. The highest BCUT2D eigenvalue weighted by Crippen LogP contribution is 2.24. The average molecular weight is 300 g/mol. The molecule has 0 unspecified atom stereocenters. The van der Waals surface area contributed by atoms with E-state index < -0.39 is 0 Å². The van der Waals surface area contributed by atoms with E-state index in [1.165, 1.54) is 5.56 Å². The van der Waals surface area contributed by atoms with E-state index in [1.807, 2.05) is 24.3 Å². The van der Waals surface area contributed by atoms with Crippen molar-refractivity contribution in [3.8, 4) is 11.8 Å². The molecule has 0 aromatic heterocycles. The van der Waals surface area contributed by atoms with Gasteiger partial charge < -0.3 is 9.64 Å². The second-order valence-electron chi connectivity index (χ2n) is 6.85. The number of nitriles is 1. The van der Waals surface area contributed by atoms with Crippen LogP contribution in [0, 0.1) is 17.2 Å². The van der Waals surface area contributed by atoms with Gasteiger partial charge in [0.1, 0.15) is 5.75 Å². The van der Waals surface area contributed by atoms with Crippen molar-refractivity contribution in [3.63, 3.8) is 0 Å². The van der Waals surface area contributed by atoms with E-state index in [0.717, 1.165) is 12.8 Å². The normalized spacial score (nSPS) is 16.2. The molecule has 1 fully saturated rings. The molecule has 0 aliphatic carbocycles. The van der Waals surface area contributed by atoms with Crippen LogP contribution in [0.25, 0.3) is 0 Å². The van der Waals surface area contributed by atoms with E-state index in [-0.39, 0.29) is 23.8 Å². The van der Waals surface area contributed by atoms with Crippen molar-refractivity contribution in [3.05, 3.63) is 29.8 Å². The number of hydrogen-bond donors (Lipinski definition) is 0. The molecule has 4 nitrogen and oxygen atoms in total. The lowest BCUT2D eigenvalue weighted by molar-refractivity contribution is -0.134. The van der Waals surface area contributed by atoms with Gasteiger partial charge in [0, 0.05) is 19.0 Å². The number of benzene rings is 1. The summed E-state index contributed by atoms with van der Waals surface area (Å²) < 4.78 is 5.59. The summed E-state index contributed by atoms with van der Waals surface area (Å²) in [4.78, 5) is 13.9. The van der Waals surface area contributed by atoms with Crippen molar-refractivity contribution in [1.82, 2.24) is 4.90 Å². The summed E-state index contributed by atoms with van der Waals surface area (Å²) in [5, 5.41) is 8.87. The van der Waals surface area contributed by atoms with Crippen LogP contribution in [0.2, 0.25) is 0 Å². The Hall–Kier alpha value is -2.02. The lowest BCUT2D eigenvalue weighted by Crippen LogP contribution is -2.40. The van der Waals surface area contributed by atoms with Crippen molar-refractivity contribution in [2.24, 2.45) is 5.92 Å². The van der Waals surface area contributed by atoms with Crippen LogP contribution < -0.4 is 4.74 Å². The molecule has 0 saturated carbocycles. The molecule has 0 atom stereocenters. The van der Waals surface area contributed by atoms with Crippen LogP contribution in [0.3, 0.4) is 0 Å². The van der Waals surface area contributed by atoms with Gasteiger partial charge in [-0.25, -0.2) is 0 Å². The Morgan fingerprint density at radius 2 is 1.86 bits per heavy atom. The smallest absolute Gasteiger partial charge is 0.260 e. The summed E-state index contributed by atoms with van der Waals surface area (Å²) in [6.07, 6.45) is 1.53. The maximum absolute atomic E-state index is 12.1. The van der Waals surface area contributed by atoms with Gasteiger partial charge in [0.2, 0.25) is 0 Å². The Bertz CT molecular complexity index is 544. The summed E-state index contributed by atoms with van der Waals surface area (Å²) in [7, 11) is 0. The summed E-state index contributed by atoms with van der Waals surface area (Å²) in [5.74, 6) is 0.805. The molecule has 4 heteroatoms. The molecule has 22 heavy (non-hydrogen) atoms. The average Bonchev–Trinajstić information content (AvgIpc) is 2.52. The third-order valence-electron chi connectivity index (χ3n) is 4.11. The Morgan fingerprint density at radius 1 is 1.27 bits per heavy atom. The summed E-state index contributed by atoms with van der Waals surface area (Å²) in [6.45, 7) is 7.87. The van der Waals surface area contributed by atoms with Crippen molar-refractivity contribution in [1.29, 1.82) is 5.26 Å². The first-order chi connectivity index (χ1) is 10.4. The van der Waals surface area contributed by atoms with E-state index in [1.54, 1.807) is 4.90 Å². The highest BCUT2D eigenvalue weighted by atomic mass is 16.5. The highest BCUT2D eigenvalue weighted by Gasteiger charge is 2.22. The van der Waals surface area contributed by atoms with Gasteiger partial charge in [-0.05, 0) is 36.0 Å². The molecule has 0 N–H and O–H groups in total. The fourth-order valence-electron chi connectivity index (χ4n) is 2.55. The minimum Gasteiger partial charge on any atom is -0.484 e. The van der Waals surface area contributed by atoms with Crippen LogP contribution in [-0.2, 0) is 10.2 Å². The minimum atomic E-state index is -0.00344. The highest BCUT2D eigenvalue weighted by molar-refractivity contribution is 5.77. The second-order valence-corrected chi connectivity index (χ2v) is 6.85. The van der Waals surface area contributed by atoms with Crippen molar-refractivity contribution >= 4 is 5.91 Å². The predicted octanol–water partition coefficient (Wildman–Crippen LogP) is 3.13. The maximum Gasteiger partial charge on any atom is 0.260 e. The van der Waals surface area contributed by atoms with Crippen molar-refractivity contribution < 1.29 is 9.53 Å². The third-order valence-corrected chi connectivity index (χ3v) is 4.11. The molecule has 0 radical (unpaired) electrons. The maximum atomic E-state index is 12.1. The van der Waals surface area contributed by atoms with Crippen molar-refractivity contribution in [2.75, 3.05) is 19.7 Å². The zero-order valence-electron chi connectivity index (χ0n) is 13.6. The van der Waals surface area contributed by atoms with E-state index in [9.17, 15) is 4.79 Å². The quantitative estimate of drug-likeness (QED) is 0.861. The van der Waals surface area contributed by atoms with Crippen LogP contribution in [0.1, 0.15) is 39.2 Å². The SMILES string of the molecule is CC(C)(C)c1ccc(OCC(=O)N2CCC(C#N)CC2)cc1. The van der Waals surface area contributed by atoms with Gasteiger partial charge >= 0.3 is 0 Å². The molecule has 0 spiro atoms. The molecule has 0 bridgehead atoms. The summed E-state index contributed by atoms with van der Waals surface area (Å²) in [6, 6.07) is 10.2. The number of amides is 1. The van der Waals surface area contributed by atoms with E-state index in [0.29, 0.717) is 18.8 Å². The number of rotatable bonds is 3. The number of carbonyl (C=O) groups is 1. The topological polar surface area (TPSA) is 53.3 Å². The van der Waals surface area contributed by atoms with Gasteiger partial charge in [0.05, 0.1) is 6.07 Å². The summed E-state index contributed by atoms with van der Waals surface area (Å²) >= 11 is 0. The Kier molecular flexibility index (Phi) is 5.07. The predicted molar refractivity (Wildman–Crippen MR) is 85.6 cm³/mol. The number of likely N-dealkylation sites (tertiary alicyclic amines) is 1. The van der Waals surface area contributed by atoms with Crippen LogP contribution in [0.4, 0.5) is 0 Å². The Labute approximate surface area is 132 Å². The van der Waals surface area contributed by atoms with Gasteiger partial charge in [-0.2, -0.15) is 5.26 Å². The van der Waals surface area contributed by atoms with Crippen LogP contribution in [0.5, 0.6) is 5.75 Å². The molecule has 1 aromatic rings. The number of ether oxygens (including phenoxy) is 1. The Morgan fingerprint density at radius 3 is 2.36 bits per heavy atom. The molecule has 2 rings (SSSR count). The zero-order valence-corrected chi connectivity index (χ0v) is 13.6. The van der Waals surface area contributed by atoms with E-state index in [2.05, 4.69) is 26.8 Å². The molecule has 1 heterocycles. The largest absolute Gasteiger partial charge is 0.484 e. The zero-order chi connectivity index (χ0) is 16.2. The molecule has 1 aromatic carbocycles. The van der Waals surface area contributed by atoms with Gasteiger partial charge in [0.25, 0.3) is 5.91 Å². The second kappa shape index (κ2) is 6.83. The van der Waals surface area contributed by atoms with Gasteiger partial charge in [0.15, 0.2) is 6.61 Å². The molecule has 1 amide bonds. The van der Waals surface area contributed by atoms with E-state index >= 15 is 0 Å². The van der Waals surface area contributed by atoms with Gasteiger partial charge in [-0.1, -0.05) is 32.9 Å². The molecular weight excluding hydrogens is 276 g/mol. The standard InChI is InChI=1S/C18H24N2O2/c1-18(2,3)15-4-6-16(7-5-15)22-13-17(21)20-10-8-14(12-19)9-11-20/h4-7,14H,8-11,13H2,1-3H3. The Balaban J connectivity index is 1.83. The van der Waals surface area contributed by atoms with Crippen LogP contribution >= 0.6 is 0 Å². The molecule has 118 valence electrons. The van der Waals surface area contributed by atoms with Gasteiger partial charge in [-0.3, -0.25) is 4.79 Å². The lowest BCUT2D eigenvalue weighted by atomic mass is 9.87. The minimum absolute atomic E-state index is 0.00344. The third kappa shape index (κ3) is 4.24. The molecular formula is C18H24N2O2. The van der Waals surface area contributed by atoms with Gasteiger partial charge in [-0.15, -0.1) is 0 Å². The summed E-state index contributed by atoms with van der Waals surface area (Å²) in [5.41, 5.74) is 1.35. The first-order valence-corrected chi connectivity index (χ1v) is 7.81. The van der Waals surface area contributed by atoms with Crippen LogP contribution in [-0.4, -0.2) is 30.5 Å². The number of nitrogens with zero attached hydrogens (tertiary/aromatic N) is 2.